The summed E-state index contributed by atoms with van der Waals surface area (Å²) in [7, 11) is 0. The van der Waals surface area contributed by atoms with Crippen LogP contribution in [0.2, 0.25) is 0 Å². The highest BCUT2D eigenvalue weighted by Crippen LogP contribution is 2.29. The fraction of sp³-hybridized carbons (Fsp3) is 0.294. The van der Waals surface area contributed by atoms with Crippen molar-refractivity contribution in [1.82, 2.24) is 25.3 Å². The third-order valence-electron chi connectivity index (χ3n) is 4.23. The molecular weight excluding hydrogens is 322 g/mol. The van der Waals surface area contributed by atoms with Gasteiger partial charge in [-0.25, -0.2) is 15.0 Å². The van der Waals surface area contributed by atoms with E-state index in [1.807, 2.05) is 6.07 Å². The first-order valence-electron chi connectivity index (χ1n) is 7.95. The summed E-state index contributed by atoms with van der Waals surface area (Å²) in [5, 5.41) is 3.91. The first-order valence-corrected chi connectivity index (χ1v) is 8.94. The molecule has 1 aromatic carbocycles. The van der Waals surface area contributed by atoms with Crippen LogP contribution in [-0.2, 0) is 11.2 Å². The zero-order chi connectivity index (χ0) is 16.4. The minimum absolute atomic E-state index is 0.0213. The maximum absolute atomic E-state index is 12.4. The number of nitrogens with one attached hydrogen (secondary N) is 2. The number of carbonyl (C=O) groups excluding carboxylic acids is 1. The van der Waals surface area contributed by atoms with Crippen LogP contribution in [0.25, 0.3) is 11.2 Å². The minimum atomic E-state index is 0.0213. The first-order chi connectivity index (χ1) is 11.8. The second kappa shape index (κ2) is 6.60. The molecule has 1 aliphatic carbocycles. The molecule has 2 heterocycles. The predicted molar refractivity (Wildman–Crippen MR) is 92.7 cm³/mol. The van der Waals surface area contributed by atoms with Gasteiger partial charge in [0.05, 0.1) is 18.1 Å². The molecule has 1 amide bonds. The van der Waals surface area contributed by atoms with Crippen LogP contribution in [0.3, 0.4) is 0 Å². The Hall–Kier alpha value is -2.41. The monoisotopic (exact) mass is 339 g/mol. The molecule has 0 saturated carbocycles. The molecule has 0 radical (unpaired) electrons. The van der Waals surface area contributed by atoms with Gasteiger partial charge in [0.15, 0.2) is 5.65 Å². The van der Waals surface area contributed by atoms with E-state index in [9.17, 15) is 4.79 Å². The molecule has 122 valence electrons. The zero-order valence-corrected chi connectivity index (χ0v) is 13.8. The Kier molecular flexibility index (Phi) is 4.17. The predicted octanol–water partition coefficient (Wildman–Crippen LogP) is 2.64. The molecule has 2 N–H and O–H groups in total. The number of H-pyrrole nitrogens is 1. The molecular formula is C17H17N5OS. The van der Waals surface area contributed by atoms with Gasteiger partial charge in [0.2, 0.25) is 5.91 Å². The van der Waals surface area contributed by atoms with E-state index < -0.39 is 0 Å². The van der Waals surface area contributed by atoms with Crippen LogP contribution in [0.4, 0.5) is 0 Å². The van der Waals surface area contributed by atoms with E-state index in [2.05, 4.69) is 43.5 Å². The first kappa shape index (κ1) is 15.1. The van der Waals surface area contributed by atoms with Crippen LogP contribution in [0.5, 0.6) is 0 Å². The van der Waals surface area contributed by atoms with Gasteiger partial charge < -0.3 is 10.3 Å². The van der Waals surface area contributed by atoms with Gasteiger partial charge in [-0.3, -0.25) is 4.79 Å². The summed E-state index contributed by atoms with van der Waals surface area (Å²) in [4.78, 5) is 27.8. The van der Waals surface area contributed by atoms with Gasteiger partial charge in [-0.15, -0.1) is 0 Å². The van der Waals surface area contributed by atoms with Gasteiger partial charge in [-0.2, -0.15) is 0 Å². The summed E-state index contributed by atoms with van der Waals surface area (Å²) in [6, 6.07) is 8.47. The van der Waals surface area contributed by atoms with Gasteiger partial charge in [-0.05, 0) is 30.4 Å². The molecule has 0 aliphatic heterocycles. The van der Waals surface area contributed by atoms with Crippen molar-refractivity contribution >= 4 is 28.8 Å². The normalized spacial score (nSPS) is 16.8. The summed E-state index contributed by atoms with van der Waals surface area (Å²) in [5.41, 5.74) is 3.99. The Bertz CT molecular complexity index is 878. The number of hydrogen-bond acceptors (Lipinski definition) is 5. The van der Waals surface area contributed by atoms with Crippen molar-refractivity contribution in [3.63, 3.8) is 0 Å². The van der Waals surface area contributed by atoms with Crippen molar-refractivity contribution in [3.05, 3.63) is 48.0 Å². The summed E-state index contributed by atoms with van der Waals surface area (Å²) >= 11 is 1.40. The van der Waals surface area contributed by atoms with E-state index >= 15 is 0 Å². The van der Waals surface area contributed by atoms with Crippen molar-refractivity contribution in [1.29, 1.82) is 0 Å². The van der Waals surface area contributed by atoms with Crippen LogP contribution >= 0.6 is 11.8 Å². The summed E-state index contributed by atoms with van der Waals surface area (Å²) in [6.45, 7) is 0. The average molecular weight is 339 g/mol. The highest BCUT2D eigenvalue weighted by Gasteiger charge is 2.21. The fourth-order valence-corrected chi connectivity index (χ4v) is 3.89. The lowest BCUT2D eigenvalue weighted by Gasteiger charge is -2.26. The van der Waals surface area contributed by atoms with Crippen molar-refractivity contribution in [2.24, 2.45) is 0 Å². The standard InChI is InChI=1S/C17H17N5OS/c23-14(8-24-17-15-16(19-9-18-15)20-10-21-17)22-13-7-3-5-11-4-1-2-6-12(11)13/h1-2,4,6,9-10,13H,3,5,7-8H2,(H,22,23)(H,18,19,20,21)/t13-/m1/s1. The summed E-state index contributed by atoms with van der Waals surface area (Å²) in [6.07, 6.45) is 6.25. The number of thioether (sulfide) groups is 1. The van der Waals surface area contributed by atoms with Crippen LogP contribution < -0.4 is 5.32 Å². The Balaban J connectivity index is 1.42. The molecule has 3 aromatic rings. The van der Waals surface area contributed by atoms with Gasteiger partial charge in [-0.1, -0.05) is 36.0 Å². The number of fused-ring (bicyclic) bond motifs is 2. The van der Waals surface area contributed by atoms with Crippen molar-refractivity contribution in [3.8, 4) is 0 Å². The molecule has 24 heavy (non-hydrogen) atoms. The largest absolute Gasteiger partial charge is 0.349 e. The Morgan fingerprint density at radius 1 is 1.29 bits per heavy atom. The second-order valence-electron chi connectivity index (χ2n) is 5.78. The Morgan fingerprint density at radius 2 is 2.21 bits per heavy atom. The number of carbonyl (C=O) groups is 1. The van der Waals surface area contributed by atoms with Crippen LogP contribution in [-0.4, -0.2) is 31.6 Å². The topological polar surface area (TPSA) is 83.6 Å². The van der Waals surface area contributed by atoms with Gasteiger partial charge in [0.25, 0.3) is 0 Å². The average Bonchev–Trinajstić information content (AvgIpc) is 3.09. The number of rotatable bonds is 4. The van der Waals surface area contributed by atoms with E-state index in [-0.39, 0.29) is 11.9 Å². The van der Waals surface area contributed by atoms with E-state index in [0.29, 0.717) is 11.4 Å². The van der Waals surface area contributed by atoms with Gasteiger partial charge in [0.1, 0.15) is 16.9 Å². The highest BCUT2D eigenvalue weighted by atomic mass is 32.2. The van der Waals surface area contributed by atoms with Crippen LogP contribution in [0, 0.1) is 0 Å². The van der Waals surface area contributed by atoms with Crippen molar-refractivity contribution in [2.75, 3.05) is 5.75 Å². The van der Waals surface area contributed by atoms with Crippen LogP contribution in [0.1, 0.15) is 30.0 Å². The molecule has 0 unspecified atom stereocenters. The number of aryl methyl sites for hydroxylation is 1. The number of aromatic nitrogens is 4. The molecule has 0 bridgehead atoms. The number of aromatic amines is 1. The van der Waals surface area contributed by atoms with Crippen molar-refractivity contribution in [2.45, 2.75) is 30.3 Å². The molecule has 4 rings (SSSR count). The lowest BCUT2D eigenvalue weighted by molar-refractivity contribution is -0.119. The van der Waals surface area contributed by atoms with Crippen molar-refractivity contribution < 1.29 is 4.79 Å². The molecule has 0 spiro atoms. The molecule has 0 saturated heterocycles. The Morgan fingerprint density at radius 3 is 3.17 bits per heavy atom. The second-order valence-corrected chi connectivity index (χ2v) is 6.74. The van der Waals surface area contributed by atoms with Gasteiger partial charge in [0, 0.05) is 0 Å². The maximum Gasteiger partial charge on any atom is 0.230 e. The third kappa shape index (κ3) is 2.99. The van der Waals surface area contributed by atoms with E-state index in [1.54, 1.807) is 6.33 Å². The Labute approximate surface area is 143 Å². The van der Waals surface area contributed by atoms with E-state index in [4.69, 9.17) is 0 Å². The molecule has 2 aromatic heterocycles. The molecule has 7 heteroatoms. The lowest BCUT2D eigenvalue weighted by Crippen LogP contribution is -2.32. The van der Waals surface area contributed by atoms with E-state index in [0.717, 1.165) is 29.8 Å². The van der Waals surface area contributed by atoms with Gasteiger partial charge >= 0.3 is 0 Å². The summed E-state index contributed by atoms with van der Waals surface area (Å²) in [5.74, 6) is 0.344. The number of imidazole rings is 1. The number of benzene rings is 1. The minimum Gasteiger partial charge on any atom is -0.349 e. The lowest BCUT2D eigenvalue weighted by atomic mass is 9.88. The smallest absolute Gasteiger partial charge is 0.230 e. The fourth-order valence-electron chi connectivity index (χ4n) is 3.13. The SMILES string of the molecule is O=C(CSc1ncnc2nc[nH]c12)N[C@@H]1CCCc2ccccc21. The maximum atomic E-state index is 12.4. The number of hydrogen-bond donors (Lipinski definition) is 2. The molecule has 1 aliphatic rings. The zero-order valence-electron chi connectivity index (χ0n) is 13.0. The number of amides is 1. The quantitative estimate of drug-likeness (QED) is 0.564. The molecule has 0 fully saturated rings. The highest BCUT2D eigenvalue weighted by molar-refractivity contribution is 8.00. The molecule has 6 nitrogen and oxygen atoms in total. The summed E-state index contributed by atoms with van der Waals surface area (Å²) < 4.78 is 0. The number of nitrogens with zero attached hydrogens (tertiary/aromatic N) is 3. The third-order valence-corrected chi connectivity index (χ3v) is 5.22. The molecule has 1 atom stereocenters. The van der Waals surface area contributed by atoms with E-state index in [1.165, 1.54) is 29.2 Å². The van der Waals surface area contributed by atoms with Crippen LogP contribution in [0.15, 0.2) is 41.9 Å².